The van der Waals surface area contributed by atoms with E-state index in [9.17, 15) is 19.2 Å². The number of carbonyl (C=O) groups is 4. The van der Waals surface area contributed by atoms with Gasteiger partial charge in [-0.15, -0.1) is 0 Å². The third-order valence-corrected chi connectivity index (χ3v) is 10.7. The lowest BCUT2D eigenvalue weighted by Gasteiger charge is -2.46. The van der Waals surface area contributed by atoms with Crippen molar-refractivity contribution in [1.29, 1.82) is 0 Å². The van der Waals surface area contributed by atoms with Gasteiger partial charge in [-0.3, -0.25) is 19.3 Å². The molecule has 0 amide bonds. The van der Waals surface area contributed by atoms with E-state index in [1.807, 2.05) is 36.4 Å². The van der Waals surface area contributed by atoms with Gasteiger partial charge in [0.2, 0.25) is 12.4 Å². The number of carbonyl (C=O) groups excluding carboxylic acids is 4. The maximum Gasteiger partial charge on any atom is 0.339 e. The van der Waals surface area contributed by atoms with Crippen LogP contribution in [0.25, 0.3) is 0 Å². The van der Waals surface area contributed by atoms with Crippen molar-refractivity contribution in [2.45, 2.75) is 145 Å². The zero-order valence-corrected chi connectivity index (χ0v) is 35.7. The number of nitrogens with zero attached hydrogens (tertiary/aromatic N) is 1. The van der Waals surface area contributed by atoms with Crippen molar-refractivity contribution < 1.29 is 52.3 Å². The first-order valence-electron chi connectivity index (χ1n) is 20.3. The zero-order valence-electron chi connectivity index (χ0n) is 35.7. The molecule has 0 spiro atoms. The van der Waals surface area contributed by atoms with E-state index in [4.69, 9.17) is 33.2 Å². The second kappa shape index (κ2) is 17.8. The fourth-order valence-electron chi connectivity index (χ4n) is 7.46. The lowest BCUT2D eigenvalue weighted by molar-refractivity contribution is -0.287. The van der Waals surface area contributed by atoms with E-state index in [1.165, 1.54) is 7.11 Å². The summed E-state index contributed by atoms with van der Waals surface area (Å²) in [6.07, 6.45) is -3.08. The number of likely N-dealkylation sites (tertiary alicyclic amines) is 1. The number of hydrogen-bond acceptors (Lipinski definition) is 12. The van der Waals surface area contributed by atoms with Crippen molar-refractivity contribution in [2.24, 2.45) is 22.2 Å². The molecule has 2 aromatic rings. The van der Waals surface area contributed by atoms with Crippen LogP contribution in [0.15, 0.2) is 42.5 Å². The van der Waals surface area contributed by atoms with E-state index in [2.05, 4.69) is 17.9 Å². The summed E-state index contributed by atoms with van der Waals surface area (Å²) in [5.74, 6) is -1.77. The highest BCUT2D eigenvalue weighted by Gasteiger charge is 2.58. The van der Waals surface area contributed by atoms with Gasteiger partial charge in [0.1, 0.15) is 6.61 Å². The average molecular weight is 794 g/mol. The van der Waals surface area contributed by atoms with E-state index in [0.29, 0.717) is 29.9 Å². The molecule has 1 aliphatic carbocycles. The Morgan fingerprint density at radius 3 is 1.95 bits per heavy atom. The highest BCUT2D eigenvalue weighted by Crippen LogP contribution is 2.45. The standard InChI is InChI=1S/C45H63NO11/c1-12-22-46-23-16-19-29-24-30-28(25-31(29)46)20-21-32(52-26-27-17-14-13-15-18-27)33(30)53-39-37(57-42(50)45(8,9)10)35(56-41(49)44(5,6)7)34(36(54-39)38(47)51-11)55-40(48)43(2,3)4/h13-15,17-18,20-21,29,31,34-37,39H,12,16,19,22-26H2,1-11H3/t29-,31-,34+,35+,36+,37-,39-/m1/s1. The quantitative estimate of drug-likeness (QED) is 0.171. The van der Waals surface area contributed by atoms with Gasteiger partial charge in [0.05, 0.1) is 23.4 Å². The second-order valence-electron chi connectivity index (χ2n) is 18.6. The maximum atomic E-state index is 13.8. The Hall–Kier alpha value is -4.16. The van der Waals surface area contributed by atoms with Crippen LogP contribution in [0, 0.1) is 22.2 Å². The summed E-state index contributed by atoms with van der Waals surface area (Å²) in [6, 6.07) is 14.1. The number of esters is 4. The molecule has 5 rings (SSSR count). The zero-order chi connectivity index (χ0) is 41.9. The van der Waals surface area contributed by atoms with Crippen LogP contribution in [0.3, 0.4) is 0 Å². The highest BCUT2D eigenvalue weighted by molar-refractivity contribution is 5.80. The summed E-state index contributed by atoms with van der Waals surface area (Å²) in [7, 11) is 1.18. The van der Waals surface area contributed by atoms with Gasteiger partial charge in [-0.05, 0) is 131 Å². The molecule has 0 aromatic heterocycles. The predicted octanol–water partition coefficient (Wildman–Crippen LogP) is 7.01. The Kier molecular flexibility index (Phi) is 13.7. The Morgan fingerprint density at radius 2 is 1.37 bits per heavy atom. The molecule has 2 saturated heterocycles. The van der Waals surface area contributed by atoms with Gasteiger partial charge < -0.3 is 33.2 Å². The van der Waals surface area contributed by atoms with Crippen LogP contribution in [0.1, 0.15) is 105 Å². The topological polar surface area (TPSA) is 136 Å². The average Bonchev–Trinajstić information content (AvgIpc) is 3.14. The van der Waals surface area contributed by atoms with Crippen molar-refractivity contribution in [3.05, 3.63) is 59.2 Å². The molecule has 314 valence electrons. The summed E-state index contributed by atoms with van der Waals surface area (Å²) in [5, 5.41) is 0. The minimum absolute atomic E-state index is 0.238. The van der Waals surface area contributed by atoms with Gasteiger partial charge in [0.25, 0.3) is 0 Å². The fourth-order valence-corrected chi connectivity index (χ4v) is 7.46. The van der Waals surface area contributed by atoms with Crippen LogP contribution in [0.2, 0.25) is 0 Å². The molecule has 2 aliphatic heterocycles. The first-order chi connectivity index (χ1) is 26.7. The number of piperidine rings is 1. The largest absolute Gasteiger partial charge is 0.485 e. The Balaban J connectivity index is 1.66. The van der Waals surface area contributed by atoms with Crippen LogP contribution < -0.4 is 9.47 Å². The Bertz CT molecular complexity index is 1740. The molecule has 2 aromatic carbocycles. The van der Waals surface area contributed by atoms with Gasteiger partial charge in [-0.2, -0.15) is 0 Å². The van der Waals surface area contributed by atoms with Gasteiger partial charge in [-0.1, -0.05) is 43.3 Å². The van der Waals surface area contributed by atoms with Crippen molar-refractivity contribution in [3.8, 4) is 11.5 Å². The van der Waals surface area contributed by atoms with E-state index < -0.39 is 70.8 Å². The molecule has 7 atom stereocenters. The number of methoxy groups -OCH3 is 1. The van der Waals surface area contributed by atoms with Gasteiger partial charge >= 0.3 is 23.9 Å². The van der Waals surface area contributed by atoms with E-state index in [1.54, 1.807) is 62.3 Å². The minimum atomic E-state index is -1.63. The fraction of sp³-hybridized carbons (Fsp3) is 0.644. The summed E-state index contributed by atoms with van der Waals surface area (Å²) < 4.78 is 43.4. The van der Waals surface area contributed by atoms with Gasteiger partial charge in [-0.25, -0.2) is 4.79 Å². The predicted molar refractivity (Wildman–Crippen MR) is 212 cm³/mol. The lowest BCUT2D eigenvalue weighted by atomic mass is 9.75. The smallest absolute Gasteiger partial charge is 0.339 e. The molecular weight excluding hydrogens is 730 g/mol. The first kappa shape index (κ1) is 44.0. The summed E-state index contributed by atoms with van der Waals surface area (Å²) in [5.41, 5.74) is -0.108. The number of fused-ring (bicyclic) bond motifs is 2. The molecule has 12 heteroatoms. The van der Waals surface area contributed by atoms with Crippen LogP contribution >= 0.6 is 0 Å². The maximum absolute atomic E-state index is 13.8. The molecule has 2 heterocycles. The minimum Gasteiger partial charge on any atom is -0.485 e. The van der Waals surface area contributed by atoms with Crippen LogP contribution in [0.5, 0.6) is 11.5 Å². The van der Waals surface area contributed by atoms with E-state index in [-0.39, 0.29) is 6.61 Å². The Morgan fingerprint density at radius 1 is 0.772 bits per heavy atom. The molecule has 57 heavy (non-hydrogen) atoms. The second-order valence-corrected chi connectivity index (χ2v) is 18.6. The molecule has 0 N–H and O–H groups in total. The Labute approximate surface area is 338 Å². The molecule has 0 radical (unpaired) electrons. The monoisotopic (exact) mass is 793 g/mol. The number of hydrogen-bond donors (Lipinski definition) is 0. The third-order valence-electron chi connectivity index (χ3n) is 10.7. The van der Waals surface area contributed by atoms with Crippen molar-refractivity contribution in [1.82, 2.24) is 4.90 Å². The summed E-state index contributed by atoms with van der Waals surface area (Å²) in [6.45, 7) is 19.5. The molecule has 2 fully saturated rings. The lowest BCUT2D eigenvalue weighted by Crippen LogP contribution is -2.65. The van der Waals surface area contributed by atoms with Crippen molar-refractivity contribution in [3.63, 3.8) is 0 Å². The normalized spacial score (nSPS) is 25.3. The molecule has 0 saturated carbocycles. The van der Waals surface area contributed by atoms with E-state index in [0.717, 1.165) is 55.5 Å². The third kappa shape index (κ3) is 10.5. The summed E-state index contributed by atoms with van der Waals surface area (Å²) in [4.78, 5) is 57.3. The van der Waals surface area contributed by atoms with Crippen molar-refractivity contribution >= 4 is 23.9 Å². The summed E-state index contributed by atoms with van der Waals surface area (Å²) >= 11 is 0. The SMILES string of the molecule is CCCN1CCC[C@@H]2Cc3c(ccc(OCc4ccccc4)c3O[C@@H]3O[C@H](C(=O)OC)[C@@H](OC(=O)C(C)(C)C)[C@H](OC(=O)C(C)(C)C)[C@H]3OC(=O)C(C)(C)C)C[C@H]21. The van der Waals surface area contributed by atoms with Crippen LogP contribution in [-0.2, 0) is 62.3 Å². The molecule has 3 aliphatic rings. The van der Waals surface area contributed by atoms with Crippen LogP contribution in [-0.4, -0.2) is 85.7 Å². The van der Waals surface area contributed by atoms with Crippen molar-refractivity contribution in [2.75, 3.05) is 20.2 Å². The van der Waals surface area contributed by atoms with Crippen LogP contribution in [0.4, 0.5) is 0 Å². The number of rotatable bonds is 11. The van der Waals surface area contributed by atoms with Gasteiger partial charge in [0.15, 0.2) is 29.8 Å². The van der Waals surface area contributed by atoms with Gasteiger partial charge in [0, 0.05) is 11.6 Å². The highest BCUT2D eigenvalue weighted by atomic mass is 16.7. The van der Waals surface area contributed by atoms with E-state index >= 15 is 0 Å². The molecule has 12 nitrogen and oxygen atoms in total. The number of benzene rings is 2. The molecule has 0 unspecified atom stereocenters. The molecular formula is C45H63NO11. The number of ether oxygens (including phenoxy) is 7. The molecule has 0 bridgehead atoms. The first-order valence-corrected chi connectivity index (χ1v) is 20.3.